The molecule has 1 aromatic heterocycles. The van der Waals surface area contributed by atoms with E-state index in [9.17, 15) is 14.4 Å². The number of piperazine rings is 1. The molecule has 3 aromatic rings. The van der Waals surface area contributed by atoms with Crippen molar-refractivity contribution in [2.75, 3.05) is 39.8 Å². The van der Waals surface area contributed by atoms with E-state index in [2.05, 4.69) is 10.6 Å². The second-order valence-electron chi connectivity index (χ2n) is 10.3. The molecule has 2 aliphatic heterocycles. The predicted octanol–water partition coefficient (Wildman–Crippen LogP) is 4.92. The van der Waals surface area contributed by atoms with Gasteiger partial charge >= 0.3 is 6.03 Å². The molecule has 42 heavy (non-hydrogen) atoms. The first-order valence-electron chi connectivity index (χ1n) is 14.1. The maximum Gasteiger partial charge on any atom is 0.318 e. The number of nitrogens with zero attached hydrogens (tertiary/aromatic N) is 2. The molecule has 0 radical (unpaired) electrons. The summed E-state index contributed by atoms with van der Waals surface area (Å²) in [6, 6.07) is 18.6. The van der Waals surface area contributed by atoms with Gasteiger partial charge in [0.05, 0.1) is 28.3 Å². The molecular formula is C32H35ClN4O4S. The van der Waals surface area contributed by atoms with Crippen molar-refractivity contribution in [1.82, 2.24) is 20.4 Å². The van der Waals surface area contributed by atoms with Crippen LogP contribution in [0.15, 0.2) is 72.8 Å². The fourth-order valence-corrected chi connectivity index (χ4v) is 6.97. The summed E-state index contributed by atoms with van der Waals surface area (Å²) in [5, 5.41) is 6.21. The second-order valence-corrected chi connectivity index (χ2v) is 12.0. The molecular weight excluding hydrogens is 572 g/mol. The van der Waals surface area contributed by atoms with E-state index < -0.39 is 23.9 Å². The van der Waals surface area contributed by atoms with Crippen molar-refractivity contribution in [2.24, 2.45) is 5.92 Å². The van der Waals surface area contributed by atoms with Crippen molar-refractivity contribution in [3.05, 3.63) is 93.1 Å². The Morgan fingerprint density at radius 2 is 1.83 bits per heavy atom. The Morgan fingerprint density at radius 3 is 2.50 bits per heavy atom. The number of ether oxygens (including phenoxy) is 1. The van der Waals surface area contributed by atoms with Gasteiger partial charge in [-0.2, -0.15) is 0 Å². The molecule has 4 unspecified atom stereocenters. The zero-order valence-electron chi connectivity index (χ0n) is 23.7. The summed E-state index contributed by atoms with van der Waals surface area (Å²) < 4.78 is 6.04. The number of rotatable bonds is 8. The van der Waals surface area contributed by atoms with E-state index in [-0.39, 0.29) is 17.7 Å². The first-order chi connectivity index (χ1) is 20.4. The van der Waals surface area contributed by atoms with Crippen molar-refractivity contribution < 1.29 is 19.1 Å². The summed E-state index contributed by atoms with van der Waals surface area (Å²) in [4.78, 5) is 46.8. The lowest BCUT2D eigenvalue weighted by Crippen LogP contribution is -2.57. The molecule has 0 saturated carbocycles. The molecule has 8 nitrogen and oxygen atoms in total. The number of carbonyl (C=O) groups excluding carboxylic acids is 3. The number of hydrogen-bond acceptors (Lipinski definition) is 6. The Bertz CT molecular complexity index is 1440. The summed E-state index contributed by atoms with van der Waals surface area (Å²) in [7, 11) is 1.58. The van der Waals surface area contributed by atoms with Gasteiger partial charge in [-0.05, 0) is 42.3 Å². The van der Waals surface area contributed by atoms with Crippen LogP contribution < -0.4 is 15.4 Å². The fraction of sp³-hybridized carbons (Fsp3) is 0.344. The Kier molecular flexibility index (Phi) is 9.62. The number of Topliss-reactive ketones (excluding diaryl/α,β-unsaturated/α-hetero) is 1. The van der Waals surface area contributed by atoms with Gasteiger partial charge in [-0.15, -0.1) is 11.3 Å². The summed E-state index contributed by atoms with van der Waals surface area (Å²) in [6.07, 6.45) is 3.81. The van der Waals surface area contributed by atoms with Crippen LogP contribution in [-0.4, -0.2) is 79.4 Å². The molecule has 0 bridgehead atoms. The van der Waals surface area contributed by atoms with Crippen molar-refractivity contribution >= 4 is 46.7 Å². The largest absolute Gasteiger partial charge is 0.497 e. The molecule has 3 amide bonds. The van der Waals surface area contributed by atoms with Crippen LogP contribution in [-0.2, 0) is 4.79 Å². The maximum atomic E-state index is 14.5. The SMILES string of the molecule is CCNC(=O)N1C(C=Cc2ccccc2)C(C(=O)c2ccc(Cl)s2)C(c2cccc(OC)c2)C1C(=O)N1CCNCC1. The lowest BCUT2D eigenvalue weighted by Gasteiger charge is -2.36. The number of amides is 3. The van der Waals surface area contributed by atoms with E-state index in [1.165, 1.54) is 11.3 Å². The van der Waals surface area contributed by atoms with E-state index in [4.69, 9.17) is 16.3 Å². The first kappa shape index (κ1) is 29.8. The molecule has 3 heterocycles. The van der Waals surface area contributed by atoms with Gasteiger partial charge in [0, 0.05) is 38.6 Å². The number of hydrogen-bond donors (Lipinski definition) is 2. The number of benzene rings is 2. The molecule has 2 aliphatic rings. The molecule has 10 heteroatoms. The number of thiophene rings is 1. The third kappa shape index (κ3) is 6.23. The van der Waals surface area contributed by atoms with E-state index in [1.807, 2.05) is 73.7 Å². The van der Waals surface area contributed by atoms with Gasteiger partial charge in [0.1, 0.15) is 11.8 Å². The van der Waals surface area contributed by atoms with E-state index in [0.29, 0.717) is 47.7 Å². The summed E-state index contributed by atoms with van der Waals surface area (Å²) >= 11 is 7.48. The Morgan fingerprint density at radius 1 is 1.07 bits per heavy atom. The van der Waals surface area contributed by atoms with E-state index in [0.717, 1.165) is 11.1 Å². The maximum absolute atomic E-state index is 14.5. The highest BCUT2D eigenvalue weighted by Gasteiger charge is 2.57. The average molecular weight is 607 g/mol. The van der Waals surface area contributed by atoms with Crippen LogP contribution >= 0.6 is 22.9 Å². The normalized spacial score (nSPS) is 22.4. The average Bonchev–Trinajstić information content (AvgIpc) is 3.62. The molecule has 220 valence electrons. The Labute approximate surface area is 255 Å². The molecule has 4 atom stereocenters. The van der Waals surface area contributed by atoms with Crippen LogP contribution in [0.2, 0.25) is 4.34 Å². The van der Waals surface area contributed by atoms with Crippen molar-refractivity contribution in [3.8, 4) is 5.75 Å². The molecule has 2 fully saturated rings. The minimum Gasteiger partial charge on any atom is -0.497 e. The van der Waals surface area contributed by atoms with Crippen LogP contribution in [0.25, 0.3) is 6.08 Å². The van der Waals surface area contributed by atoms with Gasteiger partial charge in [0.25, 0.3) is 0 Å². The molecule has 0 aliphatic carbocycles. The number of urea groups is 1. The van der Waals surface area contributed by atoms with Crippen LogP contribution in [0.4, 0.5) is 4.79 Å². The lowest BCUT2D eigenvalue weighted by atomic mass is 9.78. The monoisotopic (exact) mass is 606 g/mol. The highest BCUT2D eigenvalue weighted by molar-refractivity contribution is 7.18. The number of nitrogens with one attached hydrogen (secondary N) is 2. The first-order valence-corrected chi connectivity index (χ1v) is 15.3. The van der Waals surface area contributed by atoms with Crippen molar-refractivity contribution in [1.29, 1.82) is 0 Å². The molecule has 2 saturated heterocycles. The predicted molar refractivity (Wildman–Crippen MR) is 166 cm³/mol. The van der Waals surface area contributed by atoms with Gasteiger partial charge in [-0.1, -0.05) is 66.2 Å². The third-order valence-corrected chi connectivity index (χ3v) is 9.09. The minimum atomic E-state index is -0.920. The Hall–Kier alpha value is -3.66. The highest BCUT2D eigenvalue weighted by atomic mass is 35.5. The topological polar surface area (TPSA) is 91.0 Å². The van der Waals surface area contributed by atoms with Gasteiger partial charge in [0.2, 0.25) is 5.91 Å². The fourth-order valence-electron chi connectivity index (χ4n) is 5.94. The lowest BCUT2D eigenvalue weighted by molar-refractivity contribution is -0.136. The summed E-state index contributed by atoms with van der Waals surface area (Å²) in [6.45, 7) is 4.58. The minimum absolute atomic E-state index is 0.160. The van der Waals surface area contributed by atoms with Crippen LogP contribution in [0.1, 0.15) is 33.6 Å². The summed E-state index contributed by atoms with van der Waals surface area (Å²) in [5.41, 5.74) is 1.68. The van der Waals surface area contributed by atoms with Gasteiger partial charge in [-0.25, -0.2) is 4.79 Å². The number of methoxy groups -OCH3 is 1. The van der Waals surface area contributed by atoms with Crippen molar-refractivity contribution in [2.45, 2.75) is 24.9 Å². The Balaban J connectivity index is 1.72. The van der Waals surface area contributed by atoms with E-state index >= 15 is 0 Å². The quantitative estimate of drug-likeness (QED) is 0.355. The third-order valence-electron chi connectivity index (χ3n) is 7.84. The zero-order chi connectivity index (χ0) is 29.6. The number of likely N-dealkylation sites (tertiary alicyclic amines) is 1. The number of carbonyl (C=O) groups is 3. The number of halogens is 1. The second kappa shape index (κ2) is 13.5. The van der Waals surface area contributed by atoms with Gasteiger partial charge in [-0.3, -0.25) is 9.59 Å². The number of ketones is 1. The van der Waals surface area contributed by atoms with E-state index in [1.54, 1.807) is 29.0 Å². The molecule has 0 spiro atoms. The smallest absolute Gasteiger partial charge is 0.318 e. The highest BCUT2D eigenvalue weighted by Crippen LogP contribution is 2.47. The standard InChI is InChI=1S/C32H35ClN4O4S/c1-3-35-32(40)37-24(13-12-21-8-5-4-6-9-21)28(30(38)25-14-15-26(33)42-25)27(22-10-7-11-23(20-22)41-2)29(37)31(39)36-18-16-34-17-19-36/h4-15,20,24,27-29,34H,3,16-19H2,1-2H3,(H,35,40). The molecule has 5 rings (SSSR count). The van der Waals surface area contributed by atoms with Gasteiger partial charge in [0.15, 0.2) is 5.78 Å². The van der Waals surface area contributed by atoms with Crippen molar-refractivity contribution in [3.63, 3.8) is 0 Å². The molecule has 2 N–H and O–H groups in total. The van der Waals surface area contributed by atoms with Crippen LogP contribution in [0.3, 0.4) is 0 Å². The van der Waals surface area contributed by atoms with Crippen LogP contribution in [0, 0.1) is 5.92 Å². The molecule has 2 aromatic carbocycles. The van der Waals surface area contributed by atoms with Crippen LogP contribution in [0.5, 0.6) is 5.75 Å². The zero-order valence-corrected chi connectivity index (χ0v) is 25.2. The summed E-state index contributed by atoms with van der Waals surface area (Å²) in [5.74, 6) is -1.12. The van der Waals surface area contributed by atoms with Gasteiger partial charge < -0.3 is 25.2 Å².